The van der Waals surface area contributed by atoms with Gasteiger partial charge in [-0.05, 0) is 0 Å². The van der Waals surface area contributed by atoms with Gasteiger partial charge in [0.1, 0.15) is 4.83 Å². The zero-order chi connectivity index (χ0) is 6.78. The van der Waals surface area contributed by atoms with Crippen molar-refractivity contribution >= 4 is 31.9 Å². The first-order valence-electron chi connectivity index (χ1n) is 1.85. The highest BCUT2D eigenvalue weighted by Gasteiger charge is 2.28. The highest BCUT2D eigenvalue weighted by atomic mass is 79.9. The summed E-state index contributed by atoms with van der Waals surface area (Å²) in [6.45, 7) is 0. The minimum atomic E-state index is -2.62. The van der Waals surface area contributed by atoms with Gasteiger partial charge in [-0.15, -0.1) is 0 Å². The van der Waals surface area contributed by atoms with E-state index in [2.05, 4.69) is 31.9 Å². The summed E-state index contributed by atoms with van der Waals surface area (Å²) in [5, 5.41) is 25.2. The third-order valence-electron chi connectivity index (χ3n) is 0.556. The number of alkyl halides is 2. The molecule has 0 saturated carbocycles. The molecule has 5 heteroatoms. The quantitative estimate of drug-likeness (QED) is 0.468. The number of aliphatic hydroxyl groups is 3. The second-order valence-electron chi connectivity index (χ2n) is 1.31. The van der Waals surface area contributed by atoms with Crippen molar-refractivity contribution in [1.82, 2.24) is 0 Å². The van der Waals surface area contributed by atoms with Crippen LogP contribution in [0.4, 0.5) is 0 Å². The van der Waals surface area contributed by atoms with Crippen LogP contribution in [0, 0.1) is 0 Å². The molecule has 0 aliphatic heterocycles. The molecule has 3 nitrogen and oxygen atoms in total. The maximum atomic E-state index is 8.32. The van der Waals surface area contributed by atoms with Crippen LogP contribution in [0.5, 0.6) is 0 Å². The third-order valence-corrected chi connectivity index (χ3v) is 3.01. The topological polar surface area (TPSA) is 60.7 Å². The minimum absolute atomic E-state index is 0.274. The molecule has 0 amide bonds. The molecule has 0 aliphatic rings. The van der Waals surface area contributed by atoms with E-state index in [9.17, 15) is 0 Å². The Bertz CT molecular complexity index is 69.4. The molecule has 0 saturated heterocycles. The van der Waals surface area contributed by atoms with Crippen molar-refractivity contribution in [3.63, 3.8) is 0 Å². The molecule has 0 spiro atoms. The van der Waals surface area contributed by atoms with Gasteiger partial charge in [0.05, 0.1) is 0 Å². The van der Waals surface area contributed by atoms with Crippen molar-refractivity contribution in [2.24, 2.45) is 0 Å². The van der Waals surface area contributed by atoms with E-state index in [1.807, 2.05) is 0 Å². The maximum absolute atomic E-state index is 8.32. The molecule has 8 heavy (non-hydrogen) atoms. The molecule has 0 radical (unpaired) electrons. The van der Waals surface area contributed by atoms with E-state index in [4.69, 9.17) is 15.3 Å². The van der Waals surface area contributed by atoms with Gasteiger partial charge in [0.15, 0.2) is 0 Å². The maximum Gasteiger partial charge on any atom is 0.289 e. The van der Waals surface area contributed by atoms with Crippen LogP contribution in [0.1, 0.15) is 0 Å². The lowest BCUT2D eigenvalue weighted by molar-refractivity contribution is -0.305. The summed E-state index contributed by atoms with van der Waals surface area (Å²) in [6, 6.07) is 0. The van der Waals surface area contributed by atoms with Crippen LogP contribution < -0.4 is 0 Å². The Labute approximate surface area is 63.6 Å². The largest absolute Gasteiger partial charge is 0.343 e. The van der Waals surface area contributed by atoms with Gasteiger partial charge in [-0.25, -0.2) is 0 Å². The SMILES string of the molecule is OC(O)(O)C(Br)CBr. The van der Waals surface area contributed by atoms with Crippen LogP contribution in [-0.4, -0.2) is 31.5 Å². The Morgan fingerprint density at radius 3 is 1.75 bits per heavy atom. The van der Waals surface area contributed by atoms with Crippen LogP contribution in [0.3, 0.4) is 0 Å². The van der Waals surface area contributed by atoms with E-state index in [0.29, 0.717) is 0 Å². The number of halogens is 2. The predicted molar refractivity (Wildman–Crippen MR) is 35.9 cm³/mol. The highest BCUT2D eigenvalue weighted by molar-refractivity contribution is 9.12. The van der Waals surface area contributed by atoms with E-state index in [-0.39, 0.29) is 5.33 Å². The summed E-state index contributed by atoms with van der Waals surface area (Å²) >= 11 is 5.72. The Morgan fingerprint density at radius 1 is 1.38 bits per heavy atom. The summed E-state index contributed by atoms with van der Waals surface area (Å²) < 4.78 is 0. The van der Waals surface area contributed by atoms with Gasteiger partial charge in [0, 0.05) is 5.33 Å². The molecule has 50 valence electrons. The van der Waals surface area contributed by atoms with Crippen LogP contribution in [-0.2, 0) is 0 Å². The van der Waals surface area contributed by atoms with Crippen molar-refractivity contribution in [3.05, 3.63) is 0 Å². The fraction of sp³-hybridized carbons (Fsp3) is 1.00. The van der Waals surface area contributed by atoms with Crippen LogP contribution in [0.2, 0.25) is 0 Å². The van der Waals surface area contributed by atoms with Crippen molar-refractivity contribution in [2.75, 3.05) is 5.33 Å². The molecule has 0 bridgehead atoms. The third kappa shape index (κ3) is 2.99. The first-order chi connectivity index (χ1) is 3.48. The van der Waals surface area contributed by atoms with E-state index in [0.717, 1.165) is 0 Å². The average Bonchev–Trinajstić information content (AvgIpc) is 1.62. The Kier molecular flexibility index (Phi) is 3.45. The van der Waals surface area contributed by atoms with Gasteiger partial charge < -0.3 is 15.3 Å². The summed E-state index contributed by atoms with van der Waals surface area (Å²) in [6.07, 6.45) is 0. The van der Waals surface area contributed by atoms with Crippen LogP contribution in [0.15, 0.2) is 0 Å². The highest BCUT2D eigenvalue weighted by Crippen LogP contribution is 2.13. The molecule has 0 heterocycles. The van der Waals surface area contributed by atoms with Gasteiger partial charge in [-0.1, -0.05) is 31.9 Å². The fourth-order valence-corrected chi connectivity index (χ4v) is 0.538. The minimum Gasteiger partial charge on any atom is -0.343 e. The number of rotatable bonds is 2. The Balaban J connectivity index is 3.62. The Morgan fingerprint density at radius 2 is 1.75 bits per heavy atom. The molecule has 0 aliphatic carbocycles. The standard InChI is InChI=1S/C3H6Br2O3/c4-1-2(5)3(6,7)8/h2,6-8H,1H2. The molecule has 3 N–H and O–H groups in total. The van der Waals surface area contributed by atoms with Crippen molar-refractivity contribution < 1.29 is 15.3 Å². The molecule has 1 atom stereocenters. The molecule has 0 aromatic heterocycles. The molecular formula is C3H6Br2O3. The molecule has 0 rings (SSSR count). The predicted octanol–water partition coefficient (Wildman–Crippen LogP) is -0.224. The van der Waals surface area contributed by atoms with E-state index >= 15 is 0 Å². The van der Waals surface area contributed by atoms with Crippen molar-refractivity contribution in [1.29, 1.82) is 0 Å². The zero-order valence-electron chi connectivity index (χ0n) is 3.88. The molecule has 1 unspecified atom stereocenters. The summed E-state index contributed by atoms with van der Waals surface area (Å²) in [4.78, 5) is -0.755. The van der Waals surface area contributed by atoms with E-state index < -0.39 is 10.8 Å². The lowest BCUT2D eigenvalue weighted by atomic mass is 10.4. The monoisotopic (exact) mass is 248 g/mol. The van der Waals surface area contributed by atoms with E-state index in [1.165, 1.54) is 0 Å². The average molecular weight is 250 g/mol. The Hall–Kier alpha value is 0.840. The second-order valence-corrected chi connectivity index (χ2v) is 3.06. The van der Waals surface area contributed by atoms with Crippen molar-refractivity contribution in [2.45, 2.75) is 10.8 Å². The normalized spacial score (nSPS) is 16.1. The second kappa shape index (κ2) is 3.12. The van der Waals surface area contributed by atoms with E-state index in [1.54, 1.807) is 0 Å². The lowest BCUT2D eigenvalue weighted by Gasteiger charge is -2.17. The van der Waals surface area contributed by atoms with Gasteiger partial charge in [-0.3, -0.25) is 0 Å². The molecular weight excluding hydrogens is 244 g/mol. The summed E-state index contributed by atoms with van der Waals surface area (Å²) in [5.74, 6) is -2.62. The smallest absolute Gasteiger partial charge is 0.289 e. The zero-order valence-corrected chi connectivity index (χ0v) is 7.05. The first kappa shape index (κ1) is 8.84. The summed E-state index contributed by atoms with van der Waals surface area (Å²) in [7, 11) is 0. The number of hydrogen-bond donors (Lipinski definition) is 3. The fourth-order valence-electron chi connectivity index (χ4n) is 0.104. The van der Waals surface area contributed by atoms with Gasteiger partial charge in [0.2, 0.25) is 0 Å². The molecule has 0 aromatic rings. The van der Waals surface area contributed by atoms with Crippen LogP contribution in [0.25, 0.3) is 0 Å². The van der Waals surface area contributed by atoms with Crippen LogP contribution >= 0.6 is 31.9 Å². The summed E-state index contributed by atoms with van der Waals surface area (Å²) in [5.41, 5.74) is 0. The number of hydrogen-bond acceptors (Lipinski definition) is 3. The van der Waals surface area contributed by atoms with Gasteiger partial charge in [-0.2, -0.15) is 0 Å². The van der Waals surface area contributed by atoms with Gasteiger partial charge >= 0.3 is 0 Å². The lowest BCUT2D eigenvalue weighted by Crippen LogP contribution is -2.38. The van der Waals surface area contributed by atoms with Crippen molar-refractivity contribution in [3.8, 4) is 0 Å². The van der Waals surface area contributed by atoms with Gasteiger partial charge in [0.25, 0.3) is 5.97 Å². The molecule has 0 fully saturated rings. The first-order valence-corrected chi connectivity index (χ1v) is 3.89. The molecule has 0 aromatic carbocycles.